The van der Waals surface area contributed by atoms with Gasteiger partial charge in [-0.05, 0) is 46.0 Å². The average molecular weight is 310 g/mol. The number of allylic oxidation sites excluding steroid dienone is 2. The number of ether oxygens (including phenoxy) is 3. The molecule has 0 aromatic heterocycles. The third-order valence-corrected chi connectivity index (χ3v) is 4.18. The van der Waals surface area contributed by atoms with Gasteiger partial charge in [-0.2, -0.15) is 0 Å². The average Bonchev–Trinajstić information content (AvgIpc) is 2.50. The van der Waals surface area contributed by atoms with Crippen molar-refractivity contribution in [3.8, 4) is 0 Å². The Labute approximate surface area is 134 Å². The Bertz CT molecular complexity index is 394. The van der Waals surface area contributed by atoms with E-state index in [1.54, 1.807) is 0 Å². The van der Waals surface area contributed by atoms with Crippen LogP contribution in [0.4, 0.5) is 0 Å². The lowest BCUT2D eigenvalue weighted by Gasteiger charge is -2.39. The summed E-state index contributed by atoms with van der Waals surface area (Å²) in [5.41, 5.74) is 1.02. The minimum Gasteiger partial charge on any atom is -0.396 e. The lowest BCUT2D eigenvalue weighted by Crippen LogP contribution is -2.39. The maximum absolute atomic E-state index is 9.43. The summed E-state index contributed by atoms with van der Waals surface area (Å²) in [6, 6.07) is 0. The van der Waals surface area contributed by atoms with Crippen LogP contribution in [0.1, 0.15) is 46.5 Å². The Hall–Kier alpha value is -0.680. The van der Waals surface area contributed by atoms with Crippen molar-refractivity contribution in [1.29, 1.82) is 0 Å². The van der Waals surface area contributed by atoms with Crippen LogP contribution in [0.5, 0.6) is 0 Å². The van der Waals surface area contributed by atoms with Crippen LogP contribution in [-0.4, -0.2) is 42.9 Å². The minimum absolute atomic E-state index is 0.0754. The monoisotopic (exact) mass is 310 g/mol. The van der Waals surface area contributed by atoms with Gasteiger partial charge in [-0.25, -0.2) is 0 Å². The predicted octanol–water partition coefficient (Wildman–Crippen LogP) is 3.21. The van der Waals surface area contributed by atoms with E-state index in [9.17, 15) is 5.11 Å². The second-order valence-corrected chi connectivity index (χ2v) is 6.97. The van der Waals surface area contributed by atoms with E-state index in [0.29, 0.717) is 5.92 Å². The Morgan fingerprint density at radius 3 is 2.68 bits per heavy atom. The highest BCUT2D eigenvalue weighted by Crippen LogP contribution is 2.32. The van der Waals surface area contributed by atoms with E-state index in [4.69, 9.17) is 14.2 Å². The molecule has 0 amide bonds. The molecule has 2 heterocycles. The largest absolute Gasteiger partial charge is 0.396 e. The van der Waals surface area contributed by atoms with Crippen molar-refractivity contribution in [2.45, 2.75) is 64.4 Å². The molecule has 1 N–H and O–H groups in total. The summed E-state index contributed by atoms with van der Waals surface area (Å²) < 4.78 is 17.1. The molecule has 0 spiro atoms. The lowest BCUT2D eigenvalue weighted by atomic mass is 9.86. The van der Waals surface area contributed by atoms with Gasteiger partial charge in [-0.15, -0.1) is 0 Å². The summed E-state index contributed by atoms with van der Waals surface area (Å²) in [6.45, 7) is 8.09. The van der Waals surface area contributed by atoms with E-state index in [1.807, 2.05) is 0 Å². The fourth-order valence-corrected chi connectivity index (χ4v) is 3.15. The second kappa shape index (κ2) is 8.25. The van der Waals surface area contributed by atoms with E-state index in [2.05, 4.69) is 39.0 Å². The maximum Gasteiger partial charge on any atom is 0.160 e. The van der Waals surface area contributed by atoms with E-state index in [1.165, 1.54) is 5.57 Å². The van der Waals surface area contributed by atoms with Crippen molar-refractivity contribution in [3.63, 3.8) is 0 Å². The summed E-state index contributed by atoms with van der Waals surface area (Å²) in [7, 11) is 0. The highest BCUT2D eigenvalue weighted by Gasteiger charge is 2.33. The molecule has 2 aliphatic heterocycles. The first-order valence-electron chi connectivity index (χ1n) is 8.35. The van der Waals surface area contributed by atoms with Crippen molar-refractivity contribution in [3.05, 3.63) is 23.8 Å². The first-order chi connectivity index (χ1) is 10.5. The van der Waals surface area contributed by atoms with Gasteiger partial charge in [0.1, 0.15) is 0 Å². The topological polar surface area (TPSA) is 47.9 Å². The zero-order valence-electron chi connectivity index (χ0n) is 14.1. The molecule has 1 unspecified atom stereocenters. The Morgan fingerprint density at radius 1 is 1.27 bits per heavy atom. The van der Waals surface area contributed by atoms with Gasteiger partial charge >= 0.3 is 0 Å². The van der Waals surface area contributed by atoms with Gasteiger partial charge < -0.3 is 19.3 Å². The van der Waals surface area contributed by atoms with Gasteiger partial charge in [-0.3, -0.25) is 0 Å². The summed E-state index contributed by atoms with van der Waals surface area (Å²) in [4.78, 5) is 0. The van der Waals surface area contributed by atoms with E-state index in [0.717, 1.165) is 38.9 Å². The summed E-state index contributed by atoms with van der Waals surface area (Å²) >= 11 is 0. The van der Waals surface area contributed by atoms with Crippen molar-refractivity contribution in [1.82, 2.24) is 0 Å². The first-order valence-corrected chi connectivity index (χ1v) is 8.35. The van der Waals surface area contributed by atoms with Gasteiger partial charge in [0.2, 0.25) is 0 Å². The summed E-state index contributed by atoms with van der Waals surface area (Å²) in [6.07, 6.45) is 9.90. The zero-order valence-corrected chi connectivity index (χ0v) is 14.1. The van der Waals surface area contributed by atoms with Crippen LogP contribution in [0.3, 0.4) is 0 Å². The molecular formula is C18H30O4. The Balaban J connectivity index is 1.83. The molecule has 126 valence electrons. The van der Waals surface area contributed by atoms with Gasteiger partial charge in [0, 0.05) is 13.0 Å². The number of hydrogen-bond donors (Lipinski definition) is 1. The first kappa shape index (κ1) is 17.7. The molecule has 0 radical (unpaired) electrons. The van der Waals surface area contributed by atoms with Gasteiger partial charge in [-0.1, -0.05) is 23.8 Å². The maximum atomic E-state index is 9.43. The minimum atomic E-state index is -0.165. The fourth-order valence-electron chi connectivity index (χ4n) is 3.15. The van der Waals surface area contributed by atoms with Gasteiger partial charge in [0.15, 0.2) is 6.29 Å². The molecule has 22 heavy (non-hydrogen) atoms. The Morgan fingerprint density at radius 2 is 2.00 bits per heavy atom. The predicted molar refractivity (Wildman–Crippen MR) is 86.6 cm³/mol. The number of aliphatic hydroxyl groups is 1. The smallest absolute Gasteiger partial charge is 0.160 e. The molecule has 0 aromatic carbocycles. The molecule has 2 aliphatic rings. The highest BCUT2D eigenvalue weighted by molar-refractivity contribution is 5.17. The number of hydrogen-bond acceptors (Lipinski definition) is 4. The molecule has 0 aromatic rings. The molecule has 2 rings (SSSR count). The summed E-state index contributed by atoms with van der Waals surface area (Å²) in [5, 5.41) is 9.43. The highest BCUT2D eigenvalue weighted by atomic mass is 16.7. The van der Waals surface area contributed by atoms with Crippen LogP contribution in [0, 0.1) is 5.92 Å². The SMILES string of the molecule is CC(/C=C/[C@@H]1CC(CO)CC(C)(C)O1)=C\CC1OCCCO1. The second-order valence-electron chi connectivity index (χ2n) is 6.97. The van der Waals surface area contributed by atoms with Crippen LogP contribution in [-0.2, 0) is 14.2 Å². The normalized spacial score (nSPS) is 30.8. The van der Waals surface area contributed by atoms with Crippen molar-refractivity contribution >= 4 is 0 Å². The lowest BCUT2D eigenvalue weighted by molar-refractivity contribution is -0.175. The molecule has 0 saturated carbocycles. The molecule has 2 fully saturated rings. The molecule has 2 atom stereocenters. The van der Waals surface area contributed by atoms with E-state index in [-0.39, 0.29) is 24.6 Å². The zero-order chi connectivity index (χ0) is 16.0. The molecule has 2 saturated heterocycles. The molecule has 4 nitrogen and oxygen atoms in total. The van der Waals surface area contributed by atoms with Crippen LogP contribution < -0.4 is 0 Å². The van der Waals surface area contributed by atoms with Crippen LogP contribution in [0.15, 0.2) is 23.8 Å². The molecule has 0 aliphatic carbocycles. The van der Waals surface area contributed by atoms with Crippen LogP contribution in [0.25, 0.3) is 0 Å². The van der Waals surface area contributed by atoms with Gasteiger partial charge in [0.25, 0.3) is 0 Å². The number of aliphatic hydroxyl groups excluding tert-OH is 1. The fraction of sp³-hybridized carbons (Fsp3) is 0.778. The van der Waals surface area contributed by atoms with Gasteiger partial charge in [0.05, 0.1) is 24.9 Å². The van der Waals surface area contributed by atoms with Crippen LogP contribution in [0.2, 0.25) is 0 Å². The quantitative estimate of drug-likeness (QED) is 0.792. The third-order valence-electron chi connectivity index (χ3n) is 4.18. The summed E-state index contributed by atoms with van der Waals surface area (Å²) in [5.74, 6) is 0.326. The molecular weight excluding hydrogens is 280 g/mol. The van der Waals surface area contributed by atoms with E-state index >= 15 is 0 Å². The third kappa shape index (κ3) is 5.84. The van der Waals surface area contributed by atoms with Crippen molar-refractivity contribution < 1.29 is 19.3 Å². The molecule has 4 heteroatoms. The van der Waals surface area contributed by atoms with Crippen molar-refractivity contribution in [2.24, 2.45) is 5.92 Å². The van der Waals surface area contributed by atoms with E-state index < -0.39 is 0 Å². The standard InChI is InChI=1S/C18H30O4/c1-14(6-8-17-20-9-4-10-21-17)5-7-16-11-15(13-19)12-18(2,3)22-16/h5-7,15-17,19H,4,8-13H2,1-3H3/b7-5+,14-6+/t15?,16-/m1/s1. The number of rotatable bonds is 5. The Kier molecular flexibility index (Phi) is 6.63. The molecule has 0 bridgehead atoms. The van der Waals surface area contributed by atoms with Crippen LogP contribution >= 0.6 is 0 Å². The van der Waals surface area contributed by atoms with Crippen molar-refractivity contribution in [2.75, 3.05) is 19.8 Å².